The summed E-state index contributed by atoms with van der Waals surface area (Å²) in [6.07, 6.45) is -0.632. The number of likely N-dealkylation sites (tertiary alicyclic amines) is 1. The Kier molecular flexibility index (Phi) is 10.6. The molecule has 2 atom stereocenters. The highest BCUT2D eigenvalue weighted by atomic mass is 32.2. The number of benzene rings is 3. The molecular formula is C29H30N4O11S. The lowest BCUT2D eigenvalue weighted by Crippen LogP contribution is -2.37. The Balaban J connectivity index is 1.34. The van der Waals surface area contributed by atoms with Gasteiger partial charge in [0, 0.05) is 36.9 Å². The highest BCUT2D eigenvalue weighted by molar-refractivity contribution is 7.86. The number of carbonyl (C=O) groups excluding carboxylic acids is 2. The quantitative estimate of drug-likeness (QED) is 0.169. The van der Waals surface area contributed by atoms with Crippen LogP contribution in [0.25, 0.3) is 0 Å². The molecule has 15 nitrogen and oxygen atoms in total. The Hall–Kier alpha value is -5.09. The molecule has 1 heterocycles. The third kappa shape index (κ3) is 9.97. The van der Waals surface area contributed by atoms with Crippen molar-refractivity contribution in [2.75, 3.05) is 12.8 Å². The van der Waals surface area contributed by atoms with Crippen LogP contribution in [-0.4, -0.2) is 60.3 Å². The van der Waals surface area contributed by atoms with Gasteiger partial charge in [0.2, 0.25) is 0 Å². The molecule has 0 aliphatic carbocycles. The summed E-state index contributed by atoms with van der Waals surface area (Å²) in [4.78, 5) is 47.3. The van der Waals surface area contributed by atoms with Gasteiger partial charge >= 0.3 is 12.2 Å². The number of non-ortho nitro benzene ring substituents is 2. The molecule has 3 aromatic rings. The first-order chi connectivity index (χ1) is 21.4. The van der Waals surface area contributed by atoms with Crippen LogP contribution in [0.3, 0.4) is 0 Å². The molecule has 2 amide bonds. The predicted molar refractivity (Wildman–Crippen MR) is 158 cm³/mol. The van der Waals surface area contributed by atoms with E-state index in [4.69, 9.17) is 13.7 Å². The molecule has 1 fully saturated rings. The number of nitrogens with one attached hydrogen (secondary N) is 1. The highest BCUT2D eigenvalue weighted by Crippen LogP contribution is 2.26. The van der Waals surface area contributed by atoms with Crippen LogP contribution in [0.4, 0.5) is 21.0 Å². The van der Waals surface area contributed by atoms with Gasteiger partial charge in [-0.25, -0.2) is 9.59 Å². The van der Waals surface area contributed by atoms with Gasteiger partial charge in [0.05, 0.1) is 28.8 Å². The monoisotopic (exact) mass is 642 g/mol. The number of alkyl carbamates (subject to hydrolysis) is 1. The Morgan fingerprint density at radius 1 is 0.867 bits per heavy atom. The van der Waals surface area contributed by atoms with Crippen molar-refractivity contribution in [1.82, 2.24) is 10.2 Å². The first-order valence-corrected chi connectivity index (χ1v) is 15.4. The largest absolute Gasteiger partial charge is 0.445 e. The normalized spacial score (nSPS) is 16.2. The van der Waals surface area contributed by atoms with Crippen LogP contribution in [0.15, 0.2) is 72.8 Å². The van der Waals surface area contributed by atoms with Gasteiger partial charge in [0.15, 0.2) is 0 Å². The maximum atomic E-state index is 13.1. The fraction of sp³-hybridized carbons (Fsp3) is 0.310. The van der Waals surface area contributed by atoms with Crippen molar-refractivity contribution in [2.45, 2.75) is 44.7 Å². The first-order valence-electron chi connectivity index (χ1n) is 13.6. The Morgan fingerprint density at radius 3 is 1.98 bits per heavy atom. The molecule has 238 valence electrons. The van der Waals surface area contributed by atoms with Crippen molar-refractivity contribution in [3.8, 4) is 0 Å². The lowest BCUT2D eigenvalue weighted by molar-refractivity contribution is -0.385. The summed E-state index contributed by atoms with van der Waals surface area (Å²) in [5.74, 6) is 0. The van der Waals surface area contributed by atoms with Crippen LogP contribution < -0.4 is 5.32 Å². The zero-order chi connectivity index (χ0) is 32.6. The SMILES string of the molecule is CS(=O)(=O)O[C@@H]1C[C@@H](Cc2cccc(CNC(=O)OCc3ccc([N+](=O)[O-])cc3)c2)N(C(=O)OCc2ccc([N+](=O)[O-])cc2)C1. The standard InChI is InChI=1S/C29H30N4O11S/c1-45(40,41)44-27-15-26(31(17-27)29(35)43-19-21-7-11-25(12-8-21)33(38)39)14-22-3-2-4-23(13-22)16-30-28(34)42-18-20-5-9-24(10-6-20)32(36)37/h2-13,26-27H,14-19H2,1H3,(H,30,34)/t26-,27-/m1/s1. The molecular weight excluding hydrogens is 612 g/mol. The number of hydrogen-bond acceptors (Lipinski definition) is 11. The number of ether oxygens (including phenoxy) is 2. The van der Waals surface area contributed by atoms with Gasteiger partial charge in [-0.1, -0.05) is 24.3 Å². The first kappa shape index (κ1) is 32.8. The molecule has 45 heavy (non-hydrogen) atoms. The van der Waals surface area contributed by atoms with Crippen molar-refractivity contribution >= 4 is 33.7 Å². The third-order valence-corrected chi connectivity index (χ3v) is 7.47. The molecule has 0 saturated carbocycles. The lowest BCUT2D eigenvalue weighted by atomic mass is 10.0. The molecule has 1 N–H and O–H groups in total. The maximum absolute atomic E-state index is 13.1. The fourth-order valence-corrected chi connectivity index (χ4v) is 5.41. The number of nitro benzene ring substituents is 2. The molecule has 0 spiro atoms. The van der Waals surface area contributed by atoms with Crippen LogP contribution in [-0.2, 0) is 50.0 Å². The Bertz CT molecular complexity index is 1650. The van der Waals surface area contributed by atoms with Gasteiger partial charge in [-0.2, -0.15) is 8.42 Å². The molecule has 16 heteroatoms. The van der Waals surface area contributed by atoms with Crippen LogP contribution in [0, 0.1) is 20.2 Å². The topological polar surface area (TPSA) is 198 Å². The maximum Gasteiger partial charge on any atom is 0.410 e. The summed E-state index contributed by atoms with van der Waals surface area (Å²) in [5, 5.41) is 24.3. The van der Waals surface area contributed by atoms with Crippen molar-refractivity contribution < 1.29 is 41.5 Å². The second kappa shape index (κ2) is 14.6. The van der Waals surface area contributed by atoms with Crippen molar-refractivity contribution in [3.63, 3.8) is 0 Å². The zero-order valence-corrected chi connectivity index (χ0v) is 24.9. The van der Waals surface area contributed by atoms with Gasteiger partial charge in [-0.05, 0) is 59.4 Å². The van der Waals surface area contributed by atoms with Gasteiger partial charge in [0.1, 0.15) is 13.2 Å². The molecule has 0 bridgehead atoms. The summed E-state index contributed by atoms with van der Waals surface area (Å²) in [6, 6.07) is 18.0. The minimum absolute atomic E-state index is 0.0152. The summed E-state index contributed by atoms with van der Waals surface area (Å²) in [5.41, 5.74) is 2.52. The highest BCUT2D eigenvalue weighted by Gasteiger charge is 2.38. The van der Waals surface area contributed by atoms with E-state index in [1.165, 1.54) is 53.4 Å². The molecule has 4 rings (SSSR count). The van der Waals surface area contributed by atoms with E-state index in [0.29, 0.717) is 17.5 Å². The van der Waals surface area contributed by atoms with Crippen molar-refractivity contribution in [2.24, 2.45) is 0 Å². The van der Waals surface area contributed by atoms with Crippen LogP contribution >= 0.6 is 0 Å². The van der Waals surface area contributed by atoms with Gasteiger partial charge in [-0.3, -0.25) is 24.4 Å². The number of amides is 2. The molecule has 0 unspecified atom stereocenters. The summed E-state index contributed by atoms with van der Waals surface area (Å²) in [7, 11) is -3.78. The molecule has 1 aliphatic heterocycles. The molecule has 0 aromatic heterocycles. The molecule has 1 aliphatic rings. The van der Waals surface area contributed by atoms with Gasteiger partial charge in [-0.15, -0.1) is 0 Å². The minimum atomic E-state index is -3.78. The fourth-order valence-electron chi connectivity index (χ4n) is 4.78. The Morgan fingerprint density at radius 2 is 1.42 bits per heavy atom. The number of rotatable bonds is 12. The van der Waals surface area contributed by atoms with Gasteiger partial charge < -0.3 is 19.7 Å². The summed E-state index contributed by atoms with van der Waals surface area (Å²) < 4.78 is 39.3. The van der Waals surface area contributed by atoms with E-state index in [1.54, 1.807) is 12.1 Å². The predicted octanol–water partition coefficient (Wildman–Crippen LogP) is 4.23. The molecule has 3 aromatic carbocycles. The number of carbonyl (C=O) groups is 2. The number of nitrogens with zero attached hydrogens (tertiary/aromatic N) is 3. The van der Waals surface area contributed by atoms with E-state index < -0.39 is 44.3 Å². The van der Waals surface area contributed by atoms with Crippen LogP contribution in [0.2, 0.25) is 0 Å². The van der Waals surface area contributed by atoms with E-state index >= 15 is 0 Å². The average Bonchev–Trinajstić information content (AvgIpc) is 3.38. The van der Waals surface area contributed by atoms with E-state index in [1.807, 2.05) is 12.1 Å². The van der Waals surface area contributed by atoms with Crippen LogP contribution in [0.5, 0.6) is 0 Å². The number of nitro groups is 2. The second-order valence-electron chi connectivity index (χ2n) is 10.3. The Labute approximate surface area is 258 Å². The number of hydrogen-bond donors (Lipinski definition) is 1. The lowest BCUT2D eigenvalue weighted by Gasteiger charge is -2.24. The minimum Gasteiger partial charge on any atom is -0.445 e. The van der Waals surface area contributed by atoms with E-state index in [-0.39, 0.29) is 44.1 Å². The van der Waals surface area contributed by atoms with E-state index in [2.05, 4.69) is 5.32 Å². The van der Waals surface area contributed by atoms with E-state index in [9.17, 15) is 38.2 Å². The summed E-state index contributed by atoms with van der Waals surface area (Å²) >= 11 is 0. The van der Waals surface area contributed by atoms with E-state index in [0.717, 1.165) is 17.4 Å². The smallest absolute Gasteiger partial charge is 0.410 e. The zero-order valence-electron chi connectivity index (χ0n) is 24.1. The average molecular weight is 643 g/mol. The van der Waals surface area contributed by atoms with Gasteiger partial charge in [0.25, 0.3) is 21.5 Å². The third-order valence-electron chi connectivity index (χ3n) is 6.85. The summed E-state index contributed by atoms with van der Waals surface area (Å²) in [6.45, 7) is -0.0887. The van der Waals surface area contributed by atoms with Crippen molar-refractivity contribution in [1.29, 1.82) is 0 Å². The molecule has 1 saturated heterocycles. The molecule has 0 radical (unpaired) electrons. The van der Waals surface area contributed by atoms with Crippen LogP contribution in [0.1, 0.15) is 28.7 Å². The second-order valence-corrected chi connectivity index (χ2v) is 11.9. The van der Waals surface area contributed by atoms with Crippen molar-refractivity contribution in [3.05, 3.63) is 115 Å².